The van der Waals surface area contributed by atoms with E-state index in [0.717, 1.165) is 0 Å². The van der Waals surface area contributed by atoms with Crippen molar-refractivity contribution in [2.75, 3.05) is 12.3 Å². The molecule has 0 fully saturated rings. The SMILES string of the molecule is CCOc1ccccc1Oc1nc(N)nc2nc[nH]c12. The largest absolute Gasteiger partial charge is 0.490 e. The fourth-order valence-corrected chi connectivity index (χ4v) is 1.81. The highest BCUT2D eigenvalue weighted by Crippen LogP contribution is 2.32. The van der Waals surface area contributed by atoms with E-state index in [4.69, 9.17) is 15.2 Å². The molecule has 7 heteroatoms. The molecule has 20 heavy (non-hydrogen) atoms. The molecule has 0 radical (unpaired) electrons. The van der Waals surface area contributed by atoms with E-state index in [9.17, 15) is 0 Å². The second-order valence-corrected chi connectivity index (χ2v) is 3.97. The van der Waals surface area contributed by atoms with Crippen LogP contribution in [0, 0.1) is 0 Å². The molecule has 0 aliphatic heterocycles. The van der Waals surface area contributed by atoms with Crippen LogP contribution in [0.25, 0.3) is 11.2 Å². The van der Waals surface area contributed by atoms with Gasteiger partial charge in [-0.3, -0.25) is 0 Å². The predicted molar refractivity (Wildman–Crippen MR) is 73.8 cm³/mol. The molecule has 3 rings (SSSR count). The number of nitrogens with one attached hydrogen (secondary N) is 1. The minimum absolute atomic E-state index is 0.105. The van der Waals surface area contributed by atoms with Gasteiger partial charge in [-0.2, -0.15) is 9.97 Å². The Bertz CT molecular complexity index is 740. The van der Waals surface area contributed by atoms with Crippen molar-refractivity contribution in [1.29, 1.82) is 0 Å². The number of H-pyrrole nitrogens is 1. The third-order valence-electron chi connectivity index (χ3n) is 2.63. The average molecular weight is 271 g/mol. The summed E-state index contributed by atoms with van der Waals surface area (Å²) < 4.78 is 11.3. The van der Waals surface area contributed by atoms with Crippen molar-refractivity contribution in [2.45, 2.75) is 6.92 Å². The van der Waals surface area contributed by atoms with Crippen LogP contribution in [0.3, 0.4) is 0 Å². The van der Waals surface area contributed by atoms with Gasteiger partial charge >= 0.3 is 0 Å². The number of benzene rings is 1. The van der Waals surface area contributed by atoms with Gasteiger partial charge < -0.3 is 20.2 Å². The van der Waals surface area contributed by atoms with Gasteiger partial charge in [0, 0.05) is 0 Å². The fraction of sp³-hybridized carbons (Fsp3) is 0.154. The highest BCUT2D eigenvalue weighted by atomic mass is 16.5. The number of nitrogens with two attached hydrogens (primary N) is 1. The van der Waals surface area contributed by atoms with Crippen molar-refractivity contribution in [3.63, 3.8) is 0 Å². The van der Waals surface area contributed by atoms with Crippen LogP contribution in [0.4, 0.5) is 5.95 Å². The van der Waals surface area contributed by atoms with Crippen LogP contribution in [0.15, 0.2) is 30.6 Å². The van der Waals surface area contributed by atoms with Crippen LogP contribution >= 0.6 is 0 Å². The maximum absolute atomic E-state index is 5.79. The van der Waals surface area contributed by atoms with Crippen molar-refractivity contribution < 1.29 is 9.47 Å². The molecule has 0 atom stereocenters. The molecule has 0 saturated heterocycles. The molecule has 2 heterocycles. The molecular formula is C13H13N5O2. The summed E-state index contributed by atoms with van der Waals surface area (Å²) in [6, 6.07) is 7.35. The molecule has 0 aliphatic rings. The molecule has 0 amide bonds. The van der Waals surface area contributed by atoms with E-state index in [1.165, 1.54) is 6.33 Å². The minimum Gasteiger partial charge on any atom is -0.490 e. The monoisotopic (exact) mass is 271 g/mol. The Morgan fingerprint density at radius 1 is 1.20 bits per heavy atom. The Morgan fingerprint density at radius 3 is 2.80 bits per heavy atom. The van der Waals surface area contributed by atoms with Crippen molar-refractivity contribution in [3.8, 4) is 17.4 Å². The Morgan fingerprint density at radius 2 is 2.00 bits per heavy atom. The lowest BCUT2D eigenvalue weighted by Crippen LogP contribution is -2.00. The summed E-state index contributed by atoms with van der Waals surface area (Å²) >= 11 is 0. The lowest BCUT2D eigenvalue weighted by Gasteiger charge is -2.10. The molecule has 0 aliphatic carbocycles. The number of aromatic nitrogens is 4. The van der Waals surface area contributed by atoms with E-state index in [1.807, 2.05) is 25.1 Å². The van der Waals surface area contributed by atoms with Gasteiger partial charge in [0.1, 0.15) is 5.52 Å². The van der Waals surface area contributed by atoms with E-state index >= 15 is 0 Å². The van der Waals surface area contributed by atoms with Crippen LogP contribution in [0.2, 0.25) is 0 Å². The van der Waals surface area contributed by atoms with E-state index < -0.39 is 0 Å². The highest BCUT2D eigenvalue weighted by Gasteiger charge is 2.13. The first-order valence-electron chi connectivity index (χ1n) is 6.14. The summed E-state index contributed by atoms with van der Waals surface area (Å²) in [6.07, 6.45) is 1.51. The zero-order valence-corrected chi connectivity index (χ0v) is 10.8. The maximum Gasteiger partial charge on any atom is 0.250 e. The van der Waals surface area contributed by atoms with Crippen molar-refractivity contribution in [2.24, 2.45) is 0 Å². The average Bonchev–Trinajstić information content (AvgIpc) is 2.89. The third-order valence-corrected chi connectivity index (χ3v) is 2.63. The topological polar surface area (TPSA) is 98.9 Å². The molecule has 2 aromatic heterocycles. The number of aromatic amines is 1. The highest BCUT2D eigenvalue weighted by molar-refractivity contribution is 5.77. The number of rotatable bonds is 4. The lowest BCUT2D eigenvalue weighted by atomic mass is 10.3. The molecule has 7 nitrogen and oxygen atoms in total. The summed E-state index contributed by atoms with van der Waals surface area (Å²) in [7, 11) is 0. The summed E-state index contributed by atoms with van der Waals surface area (Å²) in [5.74, 6) is 1.62. The minimum atomic E-state index is 0.105. The number of imidazole rings is 1. The van der Waals surface area contributed by atoms with Gasteiger partial charge in [0.2, 0.25) is 5.95 Å². The summed E-state index contributed by atoms with van der Waals surface area (Å²) in [4.78, 5) is 15.1. The Balaban J connectivity index is 2.03. The smallest absolute Gasteiger partial charge is 0.250 e. The normalized spacial score (nSPS) is 10.7. The first kappa shape index (κ1) is 12.2. The van der Waals surface area contributed by atoms with Crippen LogP contribution in [-0.4, -0.2) is 26.5 Å². The number of anilines is 1. The second kappa shape index (κ2) is 5.04. The number of para-hydroxylation sites is 2. The third kappa shape index (κ3) is 2.20. The predicted octanol–water partition coefficient (Wildman–Crippen LogP) is 2.13. The molecule has 1 aromatic carbocycles. The Kier molecular flexibility index (Phi) is 3.08. The van der Waals surface area contributed by atoms with E-state index in [0.29, 0.717) is 35.1 Å². The van der Waals surface area contributed by atoms with E-state index in [-0.39, 0.29) is 5.95 Å². The number of nitrogen functional groups attached to an aromatic ring is 1. The Hall–Kier alpha value is -2.83. The van der Waals surface area contributed by atoms with Gasteiger partial charge in [0.25, 0.3) is 5.88 Å². The number of fused-ring (bicyclic) bond motifs is 1. The van der Waals surface area contributed by atoms with E-state index in [1.54, 1.807) is 6.07 Å². The van der Waals surface area contributed by atoms with Gasteiger partial charge in [0.05, 0.1) is 12.9 Å². The molecule has 0 spiro atoms. The Labute approximate surface area is 114 Å². The van der Waals surface area contributed by atoms with Crippen LogP contribution in [-0.2, 0) is 0 Å². The molecule has 0 unspecified atom stereocenters. The summed E-state index contributed by atoms with van der Waals surface area (Å²) in [5, 5.41) is 0. The molecule has 102 valence electrons. The van der Waals surface area contributed by atoms with Gasteiger partial charge in [0.15, 0.2) is 17.1 Å². The zero-order chi connectivity index (χ0) is 13.9. The molecule has 3 N–H and O–H groups in total. The standard InChI is InChI=1S/C13H13N5O2/c1-2-19-8-5-3-4-6-9(8)20-12-10-11(16-7-15-10)17-13(14)18-12/h3-7H,2H2,1H3,(H3,14,15,16,17,18). The van der Waals surface area contributed by atoms with Crippen molar-refractivity contribution >= 4 is 17.1 Å². The van der Waals surface area contributed by atoms with Crippen molar-refractivity contribution in [3.05, 3.63) is 30.6 Å². The number of nitrogens with zero attached hydrogens (tertiary/aromatic N) is 3. The molecule has 3 aromatic rings. The van der Waals surface area contributed by atoms with Gasteiger partial charge in [-0.1, -0.05) is 12.1 Å². The molecule has 0 saturated carbocycles. The quantitative estimate of drug-likeness (QED) is 0.754. The maximum atomic E-state index is 5.79. The summed E-state index contributed by atoms with van der Waals surface area (Å²) in [6.45, 7) is 2.46. The van der Waals surface area contributed by atoms with E-state index in [2.05, 4.69) is 19.9 Å². The first-order chi connectivity index (χ1) is 9.78. The second-order valence-electron chi connectivity index (χ2n) is 3.97. The number of hydrogen-bond acceptors (Lipinski definition) is 6. The van der Waals surface area contributed by atoms with Crippen molar-refractivity contribution in [1.82, 2.24) is 19.9 Å². The summed E-state index contributed by atoms with van der Waals surface area (Å²) in [5.41, 5.74) is 6.69. The van der Waals surface area contributed by atoms with Crippen LogP contribution in [0.5, 0.6) is 17.4 Å². The number of hydrogen-bond donors (Lipinski definition) is 2. The first-order valence-corrected chi connectivity index (χ1v) is 6.14. The van der Waals surface area contributed by atoms with Crippen LogP contribution in [0.1, 0.15) is 6.92 Å². The lowest BCUT2D eigenvalue weighted by molar-refractivity contribution is 0.320. The van der Waals surface area contributed by atoms with Crippen LogP contribution < -0.4 is 15.2 Å². The zero-order valence-electron chi connectivity index (χ0n) is 10.8. The number of ether oxygens (including phenoxy) is 2. The van der Waals surface area contributed by atoms with Gasteiger partial charge in [-0.05, 0) is 19.1 Å². The molecular weight excluding hydrogens is 258 g/mol. The fourth-order valence-electron chi connectivity index (χ4n) is 1.81. The van der Waals surface area contributed by atoms with Gasteiger partial charge in [-0.15, -0.1) is 0 Å². The van der Waals surface area contributed by atoms with Gasteiger partial charge in [-0.25, -0.2) is 4.98 Å². The molecule has 0 bridgehead atoms.